The summed E-state index contributed by atoms with van der Waals surface area (Å²) < 4.78 is 69.3. The van der Waals surface area contributed by atoms with Crippen molar-refractivity contribution in [1.82, 2.24) is 24.5 Å². The zero-order chi connectivity index (χ0) is 26.3. The van der Waals surface area contributed by atoms with E-state index in [1.165, 1.54) is 11.6 Å². The van der Waals surface area contributed by atoms with Gasteiger partial charge in [0.1, 0.15) is 17.7 Å². The molecule has 2 heterocycles. The van der Waals surface area contributed by atoms with Crippen molar-refractivity contribution in [3.05, 3.63) is 41.0 Å². The quantitative estimate of drug-likeness (QED) is 0.592. The number of amides is 2. The molecule has 1 atom stereocenters. The summed E-state index contributed by atoms with van der Waals surface area (Å²) in [5.74, 6) is -5.17. The molecule has 192 valence electrons. The average Bonchev–Trinajstić information content (AvgIpc) is 2.94. The van der Waals surface area contributed by atoms with Crippen LogP contribution in [-0.2, 0) is 27.9 Å². The Morgan fingerprint density at radius 2 is 1.71 bits per heavy atom. The first-order valence-electron chi connectivity index (χ1n) is 10.9. The summed E-state index contributed by atoms with van der Waals surface area (Å²) in [7, 11) is -2.24. The van der Waals surface area contributed by atoms with Gasteiger partial charge in [-0.2, -0.15) is 4.31 Å². The molecule has 0 aliphatic carbocycles. The fraction of sp³-hybridized carbons (Fsp3) is 0.500. The second-order valence-corrected chi connectivity index (χ2v) is 11.4. The van der Waals surface area contributed by atoms with Crippen LogP contribution < -0.4 is 10.6 Å². The van der Waals surface area contributed by atoms with Crippen molar-refractivity contribution in [3.63, 3.8) is 0 Å². The first kappa shape index (κ1) is 26.7. The molecule has 13 heteroatoms. The van der Waals surface area contributed by atoms with Crippen molar-refractivity contribution in [2.24, 2.45) is 5.41 Å². The van der Waals surface area contributed by atoms with Crippen molar-refractivity contribution in [3.8, 4) is 11.4 Å². The van der Waals surface area contributed by atoms with Gasteiger partial charge in [0.15, 0.2) is 17.3 Å². The van der Waals surface area contributed by atoms with Gasteiger partial charge in [0.25, 0.3) is 5.91 Å². The second kappa shape index (κ2) is 9.61. The van der Waals surface area contributed by atoms with Gasteiger partial charge in [-0.1, -0.05) is 20.8 Å². The van der Waals surface area contributed by atoms with E-state index in [1.54, 1.807) is 20.8 Å². The third-order valence-corrected chi connectivity index (χ3v) is 7.02. The third kappa shape index (κ3) is 5.50. The third-order valence-electron chi connectivity index (χ3n) is 5.77. The lowest BCUT2D eigenvalue weighted by atomic mass is 9.86. The summed E-state index contributed by atoms with van der Waals surface area (Å²) in [5, 5.41) is 5.11. The van der Waals surface area contributed by atoms with Crippen molar-refractivity contribution >= 4 is 21.8 Å². The molecule has 0 spiro atoms. The van der Waals surface area contributed by atoms with E-state index in [4.69, 9.17) is 0 Å². The van der Waals surface area contributed by atoms with Gasteiger partial charge in [-0.15, -0.1) is 0 Å². The van der Waals surface area contributed by atoms with Crippen LogP contribution in [-0.4, -0.2) is 60.0 Å². The molecule has 0 saturated carbocycles. The number of nitrogens with zero attached hydrogens (tertiary/aromatic N) is 3. The lowest BCUT2D eigenvalue weighted by Gasteiger charge is -2.29. The van der Waals surface area contributed by atoms with Gasteiger partial charge in [-0.3, -0.25) is 9.59 Å². The Bertz CT molecular complexity index is 1270. The van der Waals surface area contributed by atoms with E-state index >= 15 is 0 Å². The standard InChI is InChI=1S/C22H28F3N5O4S/c1-22(2,3)18(21(32)26-4)28-20(31)17-16-11-29(35(5,33)34)7-6-8-30(16)19(27-17)12-9-14(24)15(25)10-13(12)23/h9-10,18H,6-8,11H2,1-5H3,(H,26,32)(H,28,31). The predicted molar refractivity (Wildman–Crippen MR) is 122 cm³/mol. The van der Waals surface area contributed by atoms with Crippen molar-refractivity contribution < 1.29 is 31.2 Å². The normalized spacial score (nSPS) is 15.8. The van der Waals surface area contributed by atoms with E-state index in [0.717, 1.165) is 10.6 Å². The summed E-state index contributed by atoms with van der Waals surface area (Å²) in [6.07, 6.45) is 1.33. The zero-order valence-corrected chi connectivity index (χ0v) is 20.9. The highest BCUT2D eigenvalue weighted by molar-refractivity contribution is 7.88. The van der Waals surface area contributed by atoms with Crippen molar-refractivity contribution in [2.45, 2.75) is 46.3 Å². The molecule has 1 aliphatic rings. The summed E-state index contributed by atoms with van der Waals surface area (Å²) in [5.41, 5.74) is -1.16. The lowest BCUT2D eigenvalue weighted by Crippen LogP contribution is -2.53. The van der Waals surface area contributed by atoms with Gasteiger partial charge in [0.2, 0.25) is 15.9 Å². The zero-order valence-electron chi connectivity index (χ0n) is 20.1. The summed E-state index contributed by atoms with van der Waals surface area (Å²) in [6, 6.07) is 0.0498. The van der Waals surface area contributed by atoms with Gasteiger partial charge in [0.05, 0.1) is 24.1 Å². The number of halogens is 3. The molecular weight excluding hydrogens is 487 g/mol. The monoisotopic (exact) mass is 515 g/mol. The summed E-state index contributed by atoms with van der Waals surface area (Å²) in [6.45, 7) is 5.26. The molecule has 2 aromatic rings. The van der Waals surface area contributed by atoms with Gasteiger partial charge in [0, 0.05) is 26.2 Å². The molecule has 1 unspecified atom stereocenters. The maximum absolute atomic E-state index is 14.7. The smallest absolute Gasteiger partial charge is 0.272 e. The minimum atomic E-state index is -3.66. The molecule has 0 radical (unpaired) electrons. The number of carbonyl (C=O) groups is 2. The number of fused-ring (bicyclic) bond motifs is 1. The maximum Gasteiger partial charge on any atom is 0.272 e. The molecule has 2 amide bonds. The van der Waals surface area contributed by atoms with E-state index in [9.17, 15) is 31.2 Å². The molecule has 35 heavy (non-hydrogen) atoms. The Balaban J connectivity index is 2.19. The van der Waals surface area contributed by atoms with Gasteiger partial charge >= 0.3 is 0 Å². The van der Waals surface area contributed by atoms with Crippen LogP contribution in [0.2, 0.25) is 0 Å². The van der Waals surface area contributed by atoms with E-state index in [2.05, 4.69) is 15.6 Å². The first-order chi connectivity index (χ1) is 16.1. The van der Waals surface area contributed by atoms with Crippen molar-refractivity contribution in [1.29, 1.82) is 0 Å². The SMILES string of the molecule is CNC(=O)C(NC(=O)c1nc(-c2cc(F)c(F)cc2F)n2c1CN(S(C)(=O)=O)CCC2)C(C)(C)C. The van der Waals surface area contributed by atoms with E-state index in [0.29, 0.717) is 18.6 Å². The first-order valence-corrected chi connectivity index (χ1v) is 12.7. The molecule has 3 rings (SSSR count). The Hall–Kier alpha value is -2.93. The molecule has 0 saturated heterocycles. The van der Waals surface area contributed by atoms with Crippen LogP contribution >= 0.6 is 0 Å². The molecule has 0 bridgehead atoms. The second-order valence-electron chi connectivity index (χ2n) is 9.47. The minimum Gasteiger partial charge on any atom is -0.357 e. The number of hydrogen-bond donors (Lipinski definition) is 2. The Kier molecular flexibility index (Phi) is 7.32. The highest BCUT2D eigenvalue weighted by Gasteiger charge is 2.36. The Morgan fingerprint density at radius 3 is 2.29 bits per heavy atom. The molecular formula is C22H28F3N5O4S. The van der Waals surface area contributed by atoms with Crippen molar-refractivity contribution in [2.75, 3.05) is 19.8 Å². The number of aromatic nitrogens is 2. The number of likely N-dealkylation sites (N-methyl/N-ethyl adjacent to an activating group) is 1. The Labute approximate surface area is 201 Å². The molecule has 1 aromatic carbocycles. The van der Waals surface area contributed by atoms with Gasteiger partial charge in [-0.05, 0) is 17.9 Å². The van der Waals surface area contributed by atoms with Crippen LogP contribution in [0.1, 0.15) is 43.4 Å². The Morgan fingerprint density at radius 1 is 1.09 bits per heavy atom. The van der Waals surface area contributed by atoms with Crippen LogP contribution in [0.25, 0.3) is 11.4 Å². The molecule has 1 aliphatic heterocycles. The number of benzene rings is 1. The predicted octanol–water partition coefficient (Wildman–Crippen LogP) is 2.02. The number of rotatable bonds is 5. The van der Waals surface area contributed by atoms with Crippen LogP contribution in [0.4, 0.5) is 13.2 Å². The number of carbonyl (C=O) groups excluding carboxylic acids is 2. The molecule has 9 nitrogen and oxygen atoms in total. The van der Waals surface area contributed by atoms with Gasteiger partial charge in [-0.25, -0.2) is 26.6 Å². The minimum absolute atomic E-state index is 0.129. The van der Waals surface area contributed by atoms with E-state index in [1.807, 2.05) is 0 Å². The number of nitrogens with one attached hydrogen (secondary N) is 2. The van der Waals surface area contributed by atoms with Crippen LogP contribution in [0.3, 0.4) is 0 Å². The molecule has 1 aromatic heterocycles. The molecule has 0 fully saturated rings. The van der Waals surface area contributed by atoms with E-state index < -0.39 is 50.7 Å². The molecule has 2 N–H and O–H groups in total. The summed E-state index contributed by atoms with van der Waals surface area (Å²) >= 11 is 0. The fourth-order valence-electron chi connectivity index (χ4n) is 3.92. The van der Waals surface area contributed by atoms with Gasteiger partial charge < -0.3 is 15.2 Å². The largest absolute Gasteiger partial charge is 0.357 e. The topological polar surface area (TPSA) is 113 Å². The van der Waals surface area contributed by atoms with E-state index in [-0.39, 0.29) is 42.4 Å². The number of hydrogen-bond acceptors (Lipinski definition) is 5. The lowest BCUT2D eigenvalue weighted by molar-refractivity contribution is -0.124. The van der Waals surface area contributed by atoms with Crippen LogP contribution in [0, 0.1) is 22.9 Å². The fourth-order valence-corrected chi connectivity index (χ4v) is 4.74. The van der Waals surface area contributed by atoms with Crippen LogP contribution in [0.5, 0.6) is 0 Å². The maximum atomic E-state index is 14.7. The summed E-state index contributed by atoms with van der Waals surface area (Å²) in [4.78, 5) is 30.0. The highest BCUT2D eigenvalue weighted by Crippen LogP contribution is 2.30. The number of sulfonamides is 1. The highest BCUT2D eigenvalue weighted by atomic mass is 32.2. The van der Waals surface area contributed by atoms with Crippen LogP contribution in [0.15, 0.2) is 12.1 Å². The average molecular weight is 516 g/mol. The number of imidazole rings is 1.